The highest BCUT2D eigenvalue weighted by molar-refractivity contribution is 7.07. The van der Waals surface area contributed by atoms with Gasteiger partial charge in [0.05, 0.1) is 24.0 Å². The van der Waals surface area contributed by atoms with E-state index >= 15 is 0 Å². The van der Waals surface area contributed by atoms with Crippen molar-refractivity contribution < 1.29 is 4.74 Å². The van der Waals surface area contributed by atoms with E-state index in [1.54, 1.807) is 11.3 Å². The van der Waals surface area contributed by atoms with Crippen LogP contribution in [-0.4, -0.2) is 17.3 Å². The second-order valence-corrected chi connectivity index (χ2v) is 7.75. The Morgan fingerprint density at radius 2 is 1.92 bits per heavy atom. The molecule has 0 radical (unpaired) electrons. The molecule has 1 fully saturated rings. The quantitative estimate of drug-likeness (QED) is 0.621. The fraction of sp³-hybridized carbons (Fsp3) is 0.318. The summed E-state index contributed by atoms with van der Waals surface area (Å²) < 4.78 is 8.24. The number of rotatable bonds is 4. The molecule has 0 saturated carbocycles. The van der Waals surface area contributed by atoms with Crippen LogP contribution >= 0.6 is 11.3 Å². The summed E-state index contributed by atoms with van der Waals surface area (Å²) in [5.41, 5.74) is 5.96. The lowest BCUT2D eigenvalue weighted by atomic mass is 10.1. The second-order valence-electron chi connectivity index (χ2n) is 6.91. The molecular formula is C22H24N2OS. The molecule has 0 spiro atoms. The Morgan fingerprint density at radius 1 is 1.12 bits per heavy atom. The van der Waals surface area contributed by atoms with E-state index in [4.69, 9.17) is 9.73 Å². The van der Waals surface area contributed by atoms with E-state index in [-0.39, 0.29) is 6.10 Å². The zero-order chi connectivity index (χ0) is 17.9. The SMILES string of the molecule is Cc1ccc(-c2csc(=Nc3ccccc3C)n2CC2CCCO2)cc1. The maximum Gasteiger partial charge on any atom is 0.190 e. The average molecular weight is 365 g/mol. The number of thiazole rings is 1. The number of nitrogens with zero attached hydrogens (tertiary/aromatic N) is 2. The molecule has 1 aliphatic heterocycles. The number of benzene rings is 2. The average Bonchev–Trinajstić information content (AvgIpc) is 3.29. The highest BCUT2D eigenvalue weighted by atomic mass is 32.1. The number of ether oxygens (including phenoxy) is 1. The highest BCUT2D eigenvalue weighted by Gasteiger charge is 2.19. The van der Waals surface area contributed by atoms with Gasteiger partial charge < -0.3 is 9.30 Å². The summed E-state index contributed by atoms with van der Waals surface area (Å²) in [6, 6.07) is 17.0. The van der Waals surface area contributed by atoms with Gasteiger partial charge in [-0.05, 0) is 43.9 Å². The predicted molar refractivity (Wildman–Crippen MR) is 108 cm³/mol. The van der Waals surface area contributed by atoms with E-state index in [2.05, 4.69) is 66.3 Å². The molecule has 1 saturated heterocycles. The molecule has 0 N–H and O–H groups in total. The van der Waals surface area contributed by atoms with Crippen LogP contribution in [0.25, 0.3) is 11.3 Å². The first kappa shape index (κ1) is 17.3. The minimum absolute atomic E-state index is 0.282. The molecule has 26 heavy (non-hydrogen) atoms. The van der Waals surface area contributed by atoms with Crippen LogP contribution in [-0.2, 0) is 11.3 Å². The molecule has 3 aromatic rings. The number of hydrogen-bond acceptors (Lipinski definition) is 3. The lowest BCUT2D eigenvalue weighted by Gasteiger charge is -2.14. The monoisotopic (exact) mass is 364 g/mol. The van der Waals surface area contributed by atoms with Gasteiger partial charge in [0, 0.05) is 12.0 Å². The molecular weight excluding hydrogens is 340 g/mol. The van der Waals surface area contributed by atoms with Crippen molar-refractivity contribution >= 4 is 17.0 Å². The van der Waals surface area contributed by atoms with Gasteiger partial charge >= 0.3 is 0 Å². The molecule has 2 aromatic carbocycles. The summed E-state index contributed by atoms with van der Waals surface area (Å²) in [5, 5.41) is 2.22. The van der Waals surface area contributed by atoms with Crippen LogP contribution in [0.15, 0.2) is 58.9 Å². The first-order chi connectivity index (χ1) is 12.7. The van der Waals surface area contributed by atoms with Crippen molar-refractivity contribution in [2.45, 2.75) is 39.3 Å². The Labute approximate surface area is 158 Å². The van der Waals surface area contributed by atoms with Gasteiger partial charge in [-0.3, -0.25) is 0 Å². The van der Waals surface area contributed by atoms with Crippen LogP contribution in [0.1, 0.15) is 24.0 Å². The standard InChI is InChI=1S/C22H24N2OS/c1-16-9-11-18(12-10-16)21-15-26-22(23-20-8-4-3-6-17(20)2)24(21)14-19-7-5-13-25-19/h3-4,6,8-12,15,19H,5,7,13-14H2,1-2H3. The number of hydrogen-bond donors (Lipinski definition) is 0. The fourth-order valence-electron chi connectivity index (χ4n) is 3.33. The zero-order valence-electron chi connectivity index (χ0n) is 15.3. The molecule has 3 nitrogen and oxygen atoms in total. The molecule has 1 atom stereocenters. The van der Waals surface area contributed by atoms with Crippen molar-refractivity contribution in [2.75, 3.05) is 6.61 Å². The third-order valence-electron chi connectivity index (χ3n) is 4.89. The van der Waals surface area contributed by atoms with Crippen LogP contribution in [0.2, 0.25) is 0 Å². The summed E-state index contributed by atoms with van der Waals surface area (Å²) in [7, 11) is 0. The molecule has 4 rings (SSSR count). The Morgan fingerprint density at radius 3 is 2.65 bits per heavy atom. The summed E-state index contributed by atoms with van der Waals surface area (Å²) >= 11 is 1.70. The van der Waals surface area contributed by atoms with E-state index < -0.39 is 0 Å². The van der Waals surface area contributed by atoms with Crippen LogP contribution in [0.5, 0.6) is 0 Å². The van der Waals surface area contributed by atoms with Gasteiger partial charge in [0.2, 0.25) is 0 Å². The highest BCUT2D eigenvalue weighted by Crippen LogP contribution is 2.24. The Hall–Kier alpha value is -2.17. The third-order valence-corrected chi connectivity index (χ3v) is 5.75. The lowest BCUT2D eigenvalue weighted by Crippen LogP contribution is -2.24. The van der Waals surface area contributed by atoms with Gasteiger partial charge in [0.25, 0.3) is 0 Å². The molecule has 0 amide bonds. The summed E-state index contributed by atoms with van der Waals surface area (Å²) in [6.45, 7) is 5.96. The zero-order valence-corrected chi connectivity index (χ0v) is 16.1. The molecule has 2 heterocycles. The van der Waals surface area contributed by atoms with Crippen LogP contribution in [0.3, 0.4) is 0 Å². The maximum absolute atomic E-state index is 5.91. The topological polar surface area (TPSA) is 26.5 Å². The third kappa shape index (κ3) is 3.67. The van der Waals surface area contributed by atoms with Gasteiger partial charge in [-0.1, -0.05) is 48.0 Å². The number of para-hydroxylation sites is 1. The van der Waals surface area contributed by atoms with E-state index in [0.29, 0.717) is 0 Å². The lowest BCUT2D eigenvalue weighted by molar-refractivity contribution is 0.0968. The molecule has 1 unspecified atom stereocenters. The summed E-state index contributed by atoms with van der Waals surface area (Å²) in [5.74, 6) is 0. The van der Waals surface area contributed by atoms with E-state index in [1.165, 1.54) is 22.4 Å². The molecule has 0 aliphatic carbocycles. The fourth-order valence-corrected chi connectivity index (χ4v) is 4.27. The molecule has 0 bridgehead atoms. The van der Waals surface area contributed by atoms with Gasteiger partial charge in [-0.25, -0.2) is 4.99 Å². The summed E-state index contributed by atoms with van der Waals surface area (Å²) in [4.78, 5) is 6.01. The van der Waals surface area contributed by atoms with Crippen molar-refractivity contribution in [1.29, 1.82) is 0 Å². The van der Waals surface area contributed by atoms with Crippen LogP contribution in [0, 0.1) is 13.8 Å². The second kappa shape index (κ2) is 7.60. The van der Waals surface area contributed by atoms with Crippen molar-refractivity contribution in [2.24, 2.45) is 4.99 Å². The van der Waals surface area contributed by atoms with Gasteiger partial charge in [0.15, 0.2) is 4.80 Å². The van der Waals surface area contributed by atoms with Gasteiger partial charge in [-0.15, -0.1) is 11.3 Å². The van der Waals surface area contributed by atoms with Gasteiger partial charge in [0.1, 0.15) is 0 Å². The maximum atomic E-state index is 5.91. The normalized spacial score (nSPS) is 17.8. The van der Waals surface area contributed by atoms with E-state index in [1.807, 2.05) is 6.07 Å². The van der Waals surface area contributed by atoms with E-state index in [9.17, 15) is 0 Å². The van der Waals surface area contributed by atoms with Crippen molar-refractivity contribution in [3.63, 3.8) is 0 Å². The molecule has 1 aliphatic rings. The first-order valence-electron chi connectivity index (χ1n) is 9.18. The number of aromatic nitrogens is 1. The minimum Gasteiger partial charge on any atom is -0.376 e. The molecule has 4 heteroatoms. The number of aryl methyl sites for hydroxylation is 2. The molecule has 134 valence electrons. The molecule has 1 aromatic heterocycles. The van der Waals surface area contributed by atoms with Gasteiger partial charge in [-0.2, -0.15) is 0 Å². The van der Waals surface area contributed by atoms with E-state index in [0.717, 1.165) is 36.5 Å². The first-order valence-corrected chi connectivity index (χ1v) is 10.1. The van der Waals surface area contributed by atoms with Crippen LogP contribution in [0.4, 0.5) is 5.69 Å². The van der Waals surface area contributed by atoms with Crippen molar-refractivity contribution in [1.82, 2.24) is 4.57 Å². The summed E-state index contributed by atoms with van der Waals surface area (Å²) in [6.07, 6.45) is 2.56. The smallest absolute Gasteiger partial charge is 0.190 e. The minimum atomic E-state index is 0.282. The Kier molecular flexibility index (Phi) is 5.05. The van der Waals surface area contributed by atoms with Crippen molar-refractivity contribution in [3.05, 3.63) is 69.8 Å². The Bertz CT molecular complexity index is 947. The predicted octanol–water partition coefficient (Wildman–Crippen LogP) is 5.24. The Balaban J connectivity index is 1.81. The van der Waals surface area contributed by atoms with Crippen molar-refractivity contribution in [3.8, 4) is 11.3 Å². The largest absolute Gasteiger partial charge is 0.376 e. The van der Waals surface area contributed by atoms with Crippen LogP contribution < -0.4 is 4.80 Å².